The molecule has 2 aromatic heterocycles. The largest absolute Gasteiger partial charge is 0.373 e. The zero-order chi connectivity index (χ0) is 22.2. The van der Waals surface area contributed by atoms with Gasteiger partial charge in [0.2, 0.25) is 5.76 Å². The van der Waals surface area contributed by atoms with Crippen molar-refractivity contribution in [2.24, 2.45) is 0 Å². The van der Waals surface area contributed by atoms with Crippen molar-refractivity contribution in [3.8, 4) is 11.3 Å². The molecule has 0 saturated carbocycles. The summed E-state index contributed by atoms with van der Waals surface area (Å²) in [5, 5.41) is 7.20. The van der Waals surface area contributed by atoms with E-state index < -0.39 is 0 Å². The zero-order valence-corrected chi connectivity index (χ0v) is 18.1. The Morgan fingerprint density at radius 3 is 2.75 bits per heavy atom. The van der Waals surface area contributed by atoms with Gasteiger partial charge < -0.3 is 14.7 Å². The van der Waals surface area contributed by atoms with Crippen molar-refractivity contribution >= 4 is 11.7 Å². The minimum absolute atomic E-state index is 0.159. The van der Waals surface area contributed by atoms with Crippen molar-refractivity contribution in [1.82, 2.24) is 24.9 Å². The van der Waals surface area contributed by atoms with Crippen LogP contribution in [0.25, 0.3) is 11.3 Å². The third-order valence-corrected chi connectivity index (χ3v) is 6.29. The van der Waals surface area contributed by atoms with Crippen LogP contribution in [-0.2, 0) is 13.0 Å². The minimum atomic E-state index is -0.327. The molecule has 1 aromatic carbocycles. The molecule has 4 heterocycles. The average molecular weight is 436 g/mol. The van der Waals surface area contributed by atoms with Gasteiger partial charge in [-0.2, -0.15) is 0 Å². The van der Waals surface area contributed by atoms with E-state index in [1.165, 1.54) is 12.1 Å². The monoisotopic (exact) mass is 436 g/mol. The summed E-state index contributed by atoms with van der Waals surface area (Å²) in [6, 6.07) is 7.72. The lowest BCUT2D eigenvalue weighted by Crippen LogP contribution is -2.37. The van der Waals surface area contributed by atoms with E-state index >= 15 is 0 Å². The lowest BCUT2D eigenvalue weighted by atomic mass is 10.0. The van der Waals surface area contributed by atoms with Crippen LogP contribution in [-0.4, -0.2) is 58.0 Å². The lowest BCUT2D eigenvalue weighted by molar-refractivity contribution is 0.0689. The minimum Gasteiger partial charge on any atom is -0.373 e. The number of benzene rings is 1. The first-order chi connectivity index (χ1) is 15.5. The number of carbonyl (C=O) groups excluding carboxylic acids is 1. The van der Waals surface area contributed by atoms with Crippen molar-refractivity contribution < 1.29 is 13.7 Å². The molecule has 0 radical (unpaired) electrons. The highest BCUT2D eigenvalue weighted by Gasteiger charge is 2.31. The first kappa shape index (κ1) is 20.6. The standard InChI is InChI=1S/C23H25FN6O2/c1-25-21-16-9-11-30(13-18(16)26-22(27-21)19-4-3-10-29(19)2)23(31)20-12-17(28-32-20)14-5-7-15(24)8-6-14/h5-8,12,19H,3-4,9-11,13H2,1-2H3,(H,25,26,27)/t19-/m0/s1. The van der Waals surface area contributed by atoms with Crippen LogP contribution in [0.2, 0.25) is 0 Å². The van der Waals surface area contributed by atoms with E-state index in [1.54, 1.807) is 23.1 Å². The second-order valence-electron chi connectivity index (χ2n) is 8.30. The number of nitrogens with one attached hydrogen (secondary N) is 1. The van der Waals surface area contributed by atoms with Crippen molar-refractivity contribution in [3.05, 3.63) is 59.0 Å². The van der Waals surface area contributed by atoms with Gasteiger partial charge in [0.25, 0.3) is 5.91 Å². The molecule has 2 aliphatic heterocycles. The quantitative estimate of drug-likeness (QED) is 0.672. The SMILES string of the molecule is CNc1nc([C@@H]2CCCN2C)nc2c1CCN(C(=O)c1cc(-c3ccc(F)cc3)no1)C2. The highest BCUT2D eigenvalue weighted by Crippen LogP contribution is 2.32. The Bertz CT molecular complexity index is 1150. The Balaban J connectivity index is 1.39. The van der Waals surface area contributed by atoms with Gasteiger partial charge in [-0.25, -0.2) is 14.4 Å². The maximum atomic E-state index is 13.2. The van der Waals surface area contributed by atoms with Gasteiger partial charge in [-0.1, -0.05) is 5.16 Å². The topological polar surface area (TPSA) is 87.4 Å². The van der Waals surface area contributed by atoms with Gasteiger partial charge in [0.1, 0.15) is 23.2 Å². The molecule has 1 atom stereocenters. The maximum Gasteiger partial charge on any atom is 0.292 e. The van der Waals surface area contributed by atoms with Crippen LogP contribution in [0.1, 0.15) is 46.5 Å². The summed E-state index contributed by atoms with van der Waals surface area (Å²) in [4.78, 5) is 26.8. The molecular weight excluding hydrogens is 411 g/mol. The zero-order valence-electron chi connectivity index (χ0n) is 18.1. The van der Waals surface area contributed by atoms with Crippen LogP contribution in [0.5, 0.6) is 0 Å². The van der Waals surface area contributed by atoms with Gasteiger partial charge in [-0.05, 0) is 57.1 Å². The molecule has 32 heavy (non-hydrogen) atoms. The number of carbonyl (C=O) groups is 1. The van der Waals surface area contributed by atoms with E-state index in [2.05, 4.69) is 22.4 Å². The number of likely N-dealkylation sites (tertiary alicyclic amines) is 1. The number of amides is 1. The Morgan fingerprint density at radius 2 is 2.03 bits per heavy atom. The number of aromatic nitrogens is 3. The predicted molar refractivity (Wildman–Crippen MR) is 117 cm³/mol. The molecule has 1 fully saturated rings. The van der Waals surface area contributed by atoms with Gasteiger partial charge in [-0.3, -0.25) is 9.69 Å². The highest BCUT2D eigenvalue weighted by molar-refractivity contribution is 5.92. The Kier molecular flexibility index (Phi) is 5.34. The van der Waals surface area contributed by atoms with E-state index in [0.717, 1.165) is 42.3 Å². The molecule has 0 bridgehead atoms. The molecule has 166 valence electrons. The molecule has 0 spiro atoms. The number of fused-ring (bicyclic) bond motifs is 1. The first-order valence-electron chi connectivity index (χ1n) is 10.8. The number of hydrogen-bond acceptors (Lipinski definition) is 7. The number of nitrogens with zero attached hydrogens (tertiary/aromatic N) is 5. The van der Waals surface area contributed by atoms with E-state index in [9.17, 15) is 9.18 Å². The molecule has 1 amide bonds. The van der Waals surface area contributed by atoms with Gasteiger partial charge >= 0.3 is 0 Å². The number of halogens is 1. The molecule has 0 unspecified atom stereocenters. The molecule has 9 heteroatoms. The Hall–Kier alpha value is -3.33. The smallest absolute Gasteiger partial charge is 0.292 e. The fourth-order valence-electron chi connectivity index (χ4n) is 4.50. The summed E-state index contributed by atoms with van der Waals surface area (Å²) in [6.07, 6.45) is 2.82. The summed E-state index contributed by atoms with van der Waals surface area (Å²) in [5.74, 6) is 1.25. The van der Waals surface area contributed by atoms with Crippen molar-refractivity contribution in [3.63, 3.8) is 0 Å². The van der Waals surface area contributed by atoms with Crippen molar-refractivity contribution in [2.45, 2.75) is 31.8 Å². The summed E-state index contributed by atoms with van der Waals surface area (Å²) >= 11 is 0. The van der Waals surface area contributed by atoms with E-state index in [0.29, 0.717) is 30.8 Å². The van der Waals surface area contributed by atoms with E-state index in [4.69, 9.17) is 14.5 Å². The van der Waals surface area contributed by atoms with E-state index in [-0.39, 0.29) is 23.5 Å². The highest BCUT2D eigenvalue weighted by atomic mass is 19.1. The van der Waals surface area contributed by atoms with Gasteiger partial charge in [-0.15, -0.1) is 0 Å². The predicted octanol–water partition coefficient (Wildman–Crippen LogP) is 3.28. The van der Waals surface area contributed by atoms with Crippen LogP contribution in [0.3, 0.4) is 0 Å². The van der Waals surface area contributed by atoms with Gasteiger partial charge in [0.05, 0.1) is 18.3 Å². The first-order valence-corrected chi connectivity index (χ1v) is 10.8. The Labute approximate surface area is 185 Å². The third kappa shape index (κ3) is 3.73. The number of rotatable bonds is 4. The number of hydrogen-bond donors (Lipinski definition) is 1. The molecular formula is C23H25FN6O2. The summed E-state index contributed by atoms with van der Waals surface area (Å²) < 4.78 is 18.5. The molecule has 3 aromatic rings. The third-order valence-electron chi connectivity index (χ3n) is 6.29. The summed E-state index contributed by atoms with van der Waals surface area (Å²) in [6.45, 7) is 1.97. The molecule has 1 N–H and O–H groups in total. The van der Waals surface area contributed by atoms with Crippen LogP contribution in [0.15, 0.2) is 34.9 Å². The van der Waals surface area contributed by atoms with Gasteiger partial charge in [0.15, 0.2) is 0 Å². The van der Waals surface area contributed by atoms with Crippen molar-refractivity contribution in [1.29, 1.82) is 0 Å². The van der Waals surface area contributed by atoms with Crippen molar-refractivity contribution in [2.75, 3.05) is 32.5 Å². The summed E-state index contributed by atoms with van der Waals surface area (Å²) in [7, 11) is 3.96. The molecule has 8 nitrogen and oxygen atoms in total. The van der Waals surface area contributed by atoms with Crippen LogP contribution in [0, 0.1) is 5.82 Å². The van der Waals surface area contributed by atoms with E-state index in [1.807, 2.05) is 7.05 Å². The second kappa shape index (κ2) is 8.31. The Morgan fingerprint density at radius 1 is 1.22 bits per heavy atom. The summed E-state index contributed by atoms with van der Waals surface area (Å²) in [5.41, 5.74) is 3.12. The molecule has 1 saturated heterocycles. The maximum absolute atomic E-state index is 13.2. The fourth-order valence-corrected chi connectivity index (χ4v) is 4.50. The lowest BCUT2D eigenvalue weighted by Gasteiger charge is -2.29. The van der Waals surface area contributed by atoms with Crippen LogP contribution in [0.4, 0.5) is 10.2 Å². The molecule has 0 aliphatic carbocycles. The van der Waals surface area contributed by atoms with Gasteiger partial charge in [0, 0.05) is 30.8 Å². The van der Waals surface area contributed by atoms with Crippen LogP contribution >= 0.6 is 0 Å². The van der Waals surface area contributed by atoms with Crippen LogP contribution < -0.4 is 5.32 Å². The second-order valence-corrected chi connectivity index (χ2v) is 8.30. The molecule has 2 aliphatic rings. The average Bonchev–Trinajstić information content (AvgIpc) is 3.47. The molecule has 5 rings (SSSR count). The number of anilines is 1. The normalized spacial score (nSPS) is 18.6. The fraction of sp³-hybridized carbons (Fsp3) is 0.391.